The fourth-order valence-corrected chi connectivity index (χ4v) is 2.51. The Balaban J connectivity index is 2.01. The van der Waals surface area contributed by atoms with Crippen LogP contribution in [0.4, 0.5) is 0 Å². The van der Waals surface area contributed by atoms with Gasteiger partial charge < -0.3 is 10.5 Å². The SMILES string of the molecule is CC1CCC(Oc2cccc(C(N)=S)n2)CC1C. The molecular weight excluding hydrogens is 244 g/mol. The van der Waals surface area contributed by atoms with Gasteiger partial charge in [-0.05, 0) is 37.2 Å². The molecule has 98 valence electrons. The maximum atomic E-state index is 5.94. The van der Waals surface area contributed by atoms with Gasteiger partial charge in [0.1, 0.15) is 16.8 Å². The summed E-state index contributed by atoms with van der Waals surface area (Å²) in [5.74, 6) is 2.13. The van der Waals surface area contributed by atoms with E-state index in [4.69, 9.17) is 22.7 Å². The van der Waals surface area contributed by atoms with Crippen LogP contribution in [0.15, 0.2) is 18.2 Å². The van der Waals surface area contributed by atoms with Crippen LogP contribution in [0.5, 0.6) is 5.88 Å². The van der Waals surface area contributed by atoms with E-state index in [1.54, 1.807) is 6.07 Å². The van der Waals surface area contributed by atoms with Crippen LogP contribution in [0.1, 0.15) is 38.8 Å². The van der Waals surface area contributed by atoms with Crippen molar-refractivity contribution in [2.75, 3.05) is 0 Å². The Kier molecular flexibility index (Phi) is 4.17. The molecule has 0 aliphatic heterocycles. The third-order valence-corrected chi connectivity index (χ3v) is 4.02. The first-order chi connectivity index (χ1) is 8.56. The first-order valence-corrected chi connectivity index (χ1v) is 6.90. The van der Waals surface area contributed by atoms with Gasteiger partial charge in [0.2, 0.25) is 5.88 Å². The van der Waals surface area contributed by atoms with Gasteiger partial charge in [-0.3, -0.25) is 0 Å². The minimum atomic E-state index is 0.269. The molecule has 2 N–H and O–H groups in total. The Labute approximate surface area is 114 Å². The first kappa shape index (κ1) is 13.3. The van der Waals surface area contributed by atoms with E-state index >= 15 is 0 Å². The summed E-state index contributed by atoms with van der Waals surface area (Å²) in [5.41, 5.74) is 6.19. The van der Waals surface area contributed by atoms with Crippen LogP contribution in [-0.2, 0) is 0 Å². The van der Waals surface area contributed by atoms with E-state index in [0.717, 1.165) is 18.8 Å². The van der Waals surface area contributed by atoms with Crippen LogP contribution in [0.25, 0.3) is 0 Å². The molecule has 0 spiro atoms. The molecule has 1 aromatic rings. The maximum absolute atomic E-state index is 5.94. The van der Waals surface area contributed by atoms with Crippen LogP contribution in [0.3, 0.4) is 0 Å². The molecule has 0 aromatic carbocycles. The third kappa shape index (κ3) is 3.19. The normalized spacial score (nSPS) is 27.8. The summed E-state index contributed by atoms with van der Waals surface area (Å²) < 4.78 is 5.94. The Morgan fingerprint density at radius 1 is 1.33 bits per heavy atom. The minimum Gasteiger partial charge on any atom is -0.474 e. The molecular formula is C14H20N2OS. The van der Waals surface area contributed by atoms with Crippen molar-refractivity contribution in [2.45, 2.75) is 39.2 Å². The predicted molar refractivity (Wildman–Crippen MR) is 76.7 cm³/mol. The van der Waals surface area contributed by atoms with Crippen LogP contribution in [0, 0.1) is 11.8 Å². The van der Waals surface area contributed by atoms with Gasteiger partial charge in [-0.15, -0.1) is 0 Å². The molecule has 3 atom stereocenters. The highest BCUT2D eigenvalue weighted by Gasteiger charge is 2.25. The Hall–Kier alpha value is -1.16. The summed E-state index contributed by atoms with van der Waals surface area (Å²) in [6.07, 6.45) is 3.69. The zero-order chi connectivity index (χ0) is 13.1. The molecule has 3 nitrogen and oxygen atoms in total. The molecule has 4 heteroatoms. The van der Waals surface area contributed by atoms with E-state index in [1.165, 1.54) is 6.42 Å². The van der Waals surface area contributed by atoms with E-state index < -0.39 is 0 Å². The average molecular weight is 264 g/mol. The van der Waals surface area contributed by atoms with Gasteiger partial charge in [-0.1, -0.05) is 32.1 Å². The molecule has 0 bridgehead atoms. The second-order valence-electron chi connectivity index (χ2n) is 5.23. The molecule has 1 aliphatic carbocycles. The van der Waals surface area contributed by atoms with Crippen molar-refractivity contribution < 1.29 is 4.74 Å². The number of ether oxygens (including phenoxy) is 1. The van der Waals surface area contributed by atoms with Gasteiger partial charge >= 0.3 is 0 Å². The second kappa shape index (κ2) is 5.65. The lowest BCUT2D eigenvalue weighted by Crippen LogP contribution is -2.29. The fourth-order valence-electron chi connectivity index (χ4n) is 2.39. The Bertz CT molecular complexity index is 436. The lowest BCUT2D eigenvalue weighted by atomic mass is 9.80. The zero-order valence-electron chi connectivity index (χ0n) is 10.9. The topological polar surface area (TPSA) is 48.1 Å². The van der Waals surface area contributed by atoms with Gasteiger partial charge in [0.05, 0.1) is 0 Å². The second-order valence-corrected chi connectivity index (χ2v) is 5.67. The molecule has 0 saturated heterocycles. The van der Waals surface area contributed by atoms with Crippen LogP contribution in [0.2, 0.25) is 0 Å². The maximum Gasteiger partial charge on any atom is 0.214 e. The standard InChI is InChI=1S/C14H20N2OS/c1-9-6-7-11(8-10(9)2)17-13-5-3-4-12(16-13)14(15)18/h3-5,9-11H,6-8H2,1-2H3,(H2,15,18). The number of nitrogens with two attached hydrogens (primary N) is 1. The van der Waals surface area contributed by atoms with E-state index in [0.29, 0.717) is 22.5 Å². The molecule has 1 fully saturated rings. The molecule has 0 radical (unpaired) electrons. The highest BCUT2D eigenvalue weighted by atomic mass is 32.1. The molecule has 18 heavy (non-hydrogen) atoms. The van der Waals surface area contributed by atoms with Crippen molar-refractivity contribution in [1.29, 1.82) is 0 Å². The molecule has 1 aliphatic rings. The van der Waals surface area contributed by atoms with Crippen LogP contribution < -0.4 is 10.5 Å². The van der Waals surface area contributed by atoms with Crippen molar-refractivity contribution >= 4 is 17.2 Å². The summed E-state index contributed by atoms with van der Waals surface area (Å²) in [6, 6.07) is 5.55. The summed E-state index contributed by atoms with van der Waals surface area (Å²) in [4.78, 5) is 4.63. The number of pyridine rings is 1. The summed E-state index contributed by atoms with van der Waals surface area (Å²) in [7, 11) is 0. The largest absolute Gasteiger partial charge is 0.474 e. The summed E-state index contributed by atoms with van der Waals surface area (Å²) >= 11 is 4.92. The van der Waals surface area contributed by atoms with Crippen molar-refractivity contribution in [1.82, 2.24) is 4.98 Å². The van der Waals surface area contributed by atoms with Gasteiger partial charge in [-0.25, -0.2) is 4.98 Å². The molecule has 1 aromatic heterocycles. The fraction of sp³-hybridized carbons (Fsp3) is 0.571. The smallest absolute Gasteiger partial charge is 0.214 e. The van der Waals surface area contributed by atoms with Gasteiger partial charge in [0, 0.05) is 6.07 Å². The highest BCUT2D eigenvalue weighted by Crippen LogP contribution is 2.31. The Morgan fingerprint density at radius 2 is 2.11 bits per heavy atom. The quantitative estimate of drug-likeness (QED) is 0.853. The third-order valence-electron chi connectivity index (χ3n) is 3.81. The van der Waals surface area contributed by atoms with Gasteiger partial charge in [0.25, 0.3) is 0 Å². The number of hydrogen-bond donors (Lipinski definition) is 1. The number of nitrogens with zero attached hydrogens (tertiary/aromatic N) is 1. The Morgan fingerprint density at radius 3 is 2.78 bits per heavy atom. The summed E-state index contributed by atoms with van der Waals surface area (Å²) in [5, 5.41) is 0. The average Bonchev–Trinajstić information content (AvgIpc) is 2.34. The van der Waals surface area contributed by atoms with E-state index in [9.17, 15) is 0 Å². The van der Waals surface area contributed by atoms with Gasteiger partial charge in [-0.2, -0.15) is 0 Å². The van der Waals surface area contributed by atoms with Crippen molar-refractivity contribution in [3.05, 3.63) is 23.9 Å². The molecule has 1 saturated carbocycles. The van der Waals surface area contributed by atoms with Crippen LogP contribution >= 0.6 is 12.2 Å². The molecule has 2 rings (SSSR count). The zero-order valence-corrected chi connectivity index (χ0v) is 11.7. The van der Waals surface area contributed by atoms with Crippen molar-refractivity contribution in [3.8, 4) is 5.88 Å². The van der Waals surface area contributed by atoms with Gasteiger partial charge in [0.15, 0.2) is 0 Å². The molecule has 3 unspecified atom stereocenters. The van der Waals surface area contributed by atoms with E-state index in [1.807, 2.05) is 12.1 Å². The number of hydrogen-bond acceptors (Lipinski definition) is 3. The van der Waals surface area contributed by atoms with E-state index in [2.05, 4.69) is 18.8 Å². The monoisotopic (exact) mass is 264 g/mol. The number of thiocarbonyl (C=S) groups is 1. The summed E-state index contributed by atoms with van der Waals surface area (Å²) in [6.45, 7) is 4.60. The van der Waals surface area contributed by atoms with Crippen molar-refractivity contribution in [3.63, 3.8) is 0 Å². The van der Waals surface area contributed by atoms with Crippen molar-refractivity contribution in [2.24, 2.45) is 17.6 Å². The first-order valence-electron chi connectivity index (χ1n) is 6.49. The number of aromatic nitrogens is 1. The van der Waals surface area contributed by atoms with E-state index in [-0.39, 0.29) is 6.10 Å². The minimum absolute atomic E-state index is 0.269. The lowest BCUT2D eigenvalue weighted by Gasteiger charge is -2.31. The predicted octanol–water partition coefficient (Wildman–Crippen LogP) is 2.92. The molecule has 0 amide bonds. The number of rotatable bonds is 3. The van der Waals surface area contributed by atoms with Crippen LogP contribution in [-0.4, -0.2) is 16.1 Å². The highest BCUT2D eigenvalue weighted by molar-refractivity contribution is 7.80. The lowest BCUT2D eigenvalue weighted by molar-refractivity contribution is 0.0964. The molecule has 1 heterocycles.